The standard InChI is InChI=1S/C20H24BrN3O3S/c1-4-10(2)24-17(25)15-14(7-8-28-3)23-20(16(15)18(24)26)12-9-11(21)5-6-13(12)22-19(20)27/h5-6,9-10,14-16,23H,4,7-8H2,1-3H3,(H,22,27)/t10-,14+,15+,16-,20+/m0/s1. The van der Waals surface area contributed by atoms with Gasteiger partial charge in [-0.3, -0.25) is 24.6 Å². The van der Waals surface area contributed by atoms with Crippen molar-refractivity contribution in [3.63, 3.8) is 0 Å². The minimum Gasteiger partial charge on any atom is -0.324 e. The average Bonchev–Trinajstić information content (AvgIpc) is 3.25. The first kappa shape index (κ1) is 19.9. The Hall–Kier alpha value is -1.38. The molecule has 5 atom stereocenters. The molecule has 2 N–H and O–H groups in total. The molecule has 3 heterocycles. The summed E-state index contributed by atoms with van der Waals surface area (Å²) in [4.78, 5) is 41.5. The summed E-state index contributed by atoms with van der Waals surface area (Å²) >= 11 is 5.18. The summed E-state index contributed by atoms with van der Waals surface area (Å²) in [6.07, 6.45) is 3.44. The van der Waals surface area contributed by atoms with Gasteiger partial charge in [0.15, 0.2) is 0 Å². The predicted molar refractivity (Wildman–Crippen MR) is 113 cm³/mol. The monoisotopic (exact) mass is 465 g/mol. The molecule has 0 unspecified atom stereocenters. The number of thioether (sulfide) groups is 1. The van der Waals surface area contributed by atoms with Crippen LogP contribution in [-0.2, 0) is 19.9 Å². The van der Waals surface area contributed by atoms with Crippen molar-refractivity contribution in [1.29, 1.82) is 0 Å². The molecule has 4 rings (SSSR count). The molecule has 3 aliphatic rings. The van der Waals surface area contributed by atoms with Crippen LogP contribution in [0.3, 0.4) is 0 Å². The van der Waals surface area contributed by atoms with E-state index in [0.717, 1.165) is 22.2 Å². The second kappa shape index (κ2) is 7.15. The average molecular weight is 466 g/mol. The van der Waals surface area contributed by atoms with Gasteiger partial charge in [0.2, 0.25) is 17.7 Å². The van der Waals surface area contributed by atoms with Crippen LogP contribution in [0.5, 0.6) is 0 Å². The number of benzene rings is 1. The van der Waals surface area contributed by atoms with E-state index in [-0.39, 0.29) is 29.8 Å². The fourth-order valence-corrected chi connectivity index (χ4v) is 5.76. The fourth-order valence-electron chi connectivity index (χ4n) is 4.91. The van der Waals surface area contributed by atoms with E-state index in [0.29, 0.717) is 12.1 Å². The highest BCUT2D eigenvalue weighted by molar-refractivity contribution is 9.10. The van der Waals surface area contributed by atoms with E-state index < -0.39 is 17.4 Å². The quantitative estimate of drug-likeness (QED) is 0.653. The van der Waals surface area contributed by atoms with E-state index in [2.05, 4.69) is 26.6 Å². The van der Waals surface area contributed by atoms with Gasteiger partial charge in [0.05, 0.1) is 11.8 Å². The van der Waals surface area contributed by atoms with Crippen LogP contribution in [0.2, 0.25) is 0 Å². The lowest BCUT2D eigenvalue weighted by atomic mass is 9.76. The number of imide groups is 1. The zero-order valence-corrected chi connectivity index (χ0v) is 18.5. The highest BCUT2D eigenvalue weighted by atomic mass is 79.9. The number of likely N-dealkylation sites (tertiary alicyclic amines) is 1. The molecule has 3 aliphatic heterocycles. The molecule has 8 heteroatoms. The predicted octanol–water partition coefficient (Wildman–Crippen LogP) is 2.72. The molecule has 1 aromatic rings. The van der Waals surface area contributed by atoms with Gasteiger partial charge in [-0.1, -0.05) is 22.9 Å². The second-order valence-corrected chi connectivity index (χ2v) is 9.69. The van der Waals surface area contributed by atoms with Gasteiger partial charge in [0, 0.05) is 27.8 Å². The normalized spacial score (nSPS) is 32.1. The summed E-state index contributed by atoms with van der Waals surface area (Å²) in [5.41, 5.74) is 0.259. The Balaban J connectivity index is 1.86. The first-order chi connectivity index (χ1) is 13.4. The Morgan fingerprint density at radius 3 is 2.71 bits per heavy atom. The van der Waals surface area contributed by atoms with Crippen molar-refractivity contribution in [1.82, 2.24) is 10.2 Å². The van der Waals surface area contributed by atoms with Crippen molar-refractivity contribution in [3.8, 4) is 0 Å². The SMILES string of the molecule is CC[C@H](C)N1C(=O)[C@H]2[C@@H](C1=O)[C@@]1(N[C@@H]2CCSC)C(=O)Nc2ccc(Br)cc21. The highest BCUT2D eigenvalue weighted by Gasteiger charge is 2.70. The van der Waals surface area contributed by atoms with Gasteiger partial charge < -0.3 is 5.32 Å². The number of amides is 3. The van der Waals surface area contributed by atoms with Crippen LogP contribution in [0, 0.1) is 11.8 Å². The number of carbonyl (C=O) groups excluding carboxylic acids is 3. The molecule has 0 saturated carbocycles. The van der Waals surface area contributed by atoms with Crippen molar-refractivity contribution in [3.05, 3.63) is 28.2 Å². The van der Waals surface area contributed by atoms with Crippen LogP contribution in [0.4, 0.5) is 5.69 Å². The largest absolute Gasteiger partial charge is 0.324 e. The molecule has 2 fully saturated rings. The van der Waals surface area contributed by atoms with Crippen molar-refractivity contribution < 1.29 is 14.4 Å². The molecular weight excluding hydrogens is 442 g/mol. The van der Waals surface area contributed by atoms with Crippen molar-refractivity contribution in [2.75, 3.05) is 17.3 Å². The third-order valence-corrected chi connectivity index (χ3v) is 7.51. The molecule has 2 saturated heterocycles. The van der Waals surface area contributed by atoms with Crippen molar-refractivity contribution in [2.24, 2.45) is 11.8 Å². The topological polar surface area (TPSA) is 78.5 Å². The summed E-state index contributed by atoms with van der Waals surface area (Å²) in [6, 6.07) is 5.21. The lowest BCUT2D eigenvalue weighted by molar-refractivity contribution is -0.145. The van der Waals surface area contributed by atoms with Gasteiger partial charge in [0.25, 0.3) is 0 Å². The van der Waals surface area contributed by atoms with Crippen LogP contribution in [0.25, 0.3) is 0 Å². The lowest BCUT2D eigenvalue weighted by Crippen LogP contribution is -2.54. The Kier molecular flexibility index (Phi) is 5.08. The van der Waals surface area contributed by atoms with E-state index in [4.69, 9.17) is 0 Å². The van der Waals surface area contributed by atoms with Gasteiger partial charge >= 0.3 is 0 Å². The number of rotatable bonds is 5. The van der Waals surface area contributed by atoms with E-state index in [1.54, 1.807) is 11.8 Å². The summed E-state index contributed by atoms with van der Waals surface area (Å²) < 4.78 is 0.837. The van der Waals surface area contributed by atoms with E-state index >= 15 is 0 Å². The molecular formula is C20H24BrN3O3S. The molecule has 1 spiro atoms. The number of anilines is 1. The van der Waals surface area contributed by atoms with Crippen molar-refractivity contribution in [2.45, 2.75) is 44.3 Å². The minimum absolute atomic E-state index is 0.143. The first-order valence-electron chi connectivity index (χ1n) is 9.61. The Labute approximate surface area is 177 Å². The maximum atomic E-state index is 13.5. The third-order valence-electron chi connectivity index (χ3n) is 6.38. The fraction of sp³-hybridized carbons (Fsp3) is 0.550. The second-order valence-electron chi connectivity index (χ2n) is 7.79. The van der Waals surface area contributed by atoms with Gasteiger partial charge in [-0.15, -0.1) is 0 Å². The Morgan fingerprint density at radius 2 is 2.04 bits per heavy atom. The van der Waals surface area contributed by atoms with E-state index in [9.17, 15) is 14.4 Å². The summed E-state index contributed by atoms with van der Waals surface area (Å²) in [5.74, 6) is -0.980. The van der Waals surface area contributed by atoms with Gasteiger partial charge in [-0.2, -0.15) is 11.8 Å². The highest BCUT2D eigenvalue weighted by Crippen LogP contribution is 2.54. The zero-order valence-electron chi connectivity index (χ0n) is 16.1. The van der Waals surface area contributed by atoms with Gasteiger partial charge in [-0.25, -0.2) is 0 Å². The van der Waals surface area contributed by atoms with Crippen molar-refractivity contribution >= 4 is 51.1 Å². The molecule has 0 aliphatic carbocycles. The van der Waals surface area contributed by atoms with Gasteiger partial charge in [-0.05, 0) is 50.0 Å². The number of fused-ring (bicyclic) bond motifs is 4. The number of hydrogen-bond acceptors (Lipinski definition) is 5. The summed E-state index contributed by atoms with van der Waals surface area (Å²) in [5, 5.41) is 6.39. The first-order valence-corrected chi connectivity index (χ1v) is 11.8. The molecule has 28 heavy (non-hydrogen) atoms. The van der Waals surface area contributed by atoms with Crippen LogP contribution in [0.1, 0.15) is 32.3 Å². The number of halogens is 1. The minimum atomic E-state index is -1.19. The number of carbonyl (C=O) groups is 3. The smallest absolute Gasteiger partial charge is 0.250 e. The van der Waals surface area contributed by atoms with Gasteiger partial charge in [0.1, 0.15) is 5.54 Å². The number of nitrogens with one attached hydrogen (secondary N) is 2. The van der Waals surface area contributed by atoms with Crippen LogP contribution < -0.4 is 10.6 Å². The lowest BCUT2D eigenvalue weighted by Gasteiger charge is -2.31. The van der Waals surface area contributed by atoms with E-state index in [1.807, 2.05) is 38.3 Å². The molecule has 150 valence electrons. The van der Waals surface area contributed by atoms with Crippen LogP contribution in [-0.4, -0.2) is 46.7 Å². The molecule has 1 aromatic carbocycles. The Bertz CT molecular complexity index is 863. The van der Waals surface area contributed by atoms with Crippen LogP contribution in [0.15, 0.2) is 22.7 Å². The number of nitrogens with zero attached hydrogens (tertiary/aromatic N) is 1. The molecule has 6 nitrogen and oxygen atoms in total. The summed E-state index contributed by atoms with van der Waals surface area (Å²) in [7, 11) is 0. The maximum absolute atomic E-state index is 13.5. The zero-order chi connectivity index (χ0) is 20.2. The third kappa shape index (κ3) is 2.60. The molecule has 3 amide bonds. The molecule has 0 radical (unpaired) electrons. The van der Waals surface area contributed by atoms with E-state index in [1.165, 1.54) is 4.90 Å². The Morgan fingerprint density at radius 1 is 1.29 bits per heavy atom. The van der Waals surface area contributed by atoms with Crippen LogP contribution >= 0.6 is 27.7 Å². The molecule has 0 bridgehead atoms. The summed E-state index contributed by atoms with van der Waals surface area (Å²) in [6.45, 7) is 3.86. The maximum Gasteiger partial charge on any atom is 0.250 e. The molecule has 0 aromatic heterocycles. The number of hydrogen-bond donors (Lipinski definition) is 2.